The van der Waals surface area contributed by atoms with Gasteiger partial charge in [-0.1, -0.05) is 17.7 Å². The fraction of sp³-hybridized carbons (Fsp3) is 0.400. The zero-order valence-corrected chi connectivity index (χ0v) is 9.99. The number of halogens is 1. The van der Waals surface area contributed by atoms with Gasteiger partial charge in [-0.15, -0.1) is 0 Å². The molecule has 0 aliphatic heterocycles. The molecule has 0 aliphatic carbocycles. The Labute approximate surface area is 99.2 Å². The molecular formula is C10H14ClN3O2. The van der Waals surface area contributed by atoms with Gasteiger partial charge >= 0.3 is 0 Å². The fourth-order valence-corrected chi connectivity index (χ4v) is 1.73. The summed E-state index contributed by atoms with van der Waals surface area (Å²) in [6.07, 6.45) is 0. The maximum atomic E-state index is 10.9. The Hall–Kier alpha value is -1.33. The largest absolute Gasteiger partial charge is 0.367 e. The van der Waals surface area contributed by atoms with E-state index in [0.29, 0.717) is 17.3 Å². The molecule has 0 heterocycles. The monoisotopic (exact) mass is 243 g/mol. The molecule has 0 saturated heterocycles. The minimum Gasteiger partial charge on any atom is -0.367 e. The van der Waals surface area contributed by atoms with E-state index in [1.807, 2.05) is 7.05 Å². The Kier molecular flexibility index (Phi) is 4.52. The number of nitrogens with zero attached hydrogens (tertiary/aromatic N) is 2. The van der Waals surface area contributed by atoms with Crippen molar-refractivity contribution in [1.29, 1.82) is 0 Å². The maximum Gasteiger partial charge on any atom is 0.294 e. The van der Waals surface area contributed by atoms with Crippen LogP contribution in [0.1, 0.15) is 0 Å². The average Bonchev–Trinajstić information content (AvgIpc) is 2.25. The number of likely N-dealkylation sites (N-methyl/N-ethyl adjacent to an activating group) is 2. The number of nitro groups is 1. The van der Waals surface area contributed by atoms with E-state index in [1.165, 1.54) is 6.07 Å². The molecule has 6 heteroatoms. The Balaban J connectivity index is 3.04. The number of nitro benzene ring substituents is 1. The van der Waals surface area contributed by atoms with Gasteiger partial charge in [-0.3, -0.25) is 10.1 Å². The van der Waals surface area contributed by atoms with E-state index in [-0.39, 0.29) is 5.69 Å². The summed E-state index contributed by atoms with van der Waals surface area (Å²) in [7, 11) is 3.61. The lowest BCUT2D eigenvalue weighted by atomic mass is 10.2. The predicted octanol–water partition coefficient (Wildman–Crippen LogP) is 1.90. The van der Waals surface area contributed by atoms with Crippen molar-refractivity contribution in [3.05, 3.63) is 33.3 Å². The molecule has 0 amide bonds. The summed E-state index contributed by atoms with van der Waals surface area (Å²) in [5.74, 6) is 0. The lowest BCUT2D eigenvalue weighted by Crippen LogP contribution is -2.27. The van der Waals surface area contributed by atoms with E-state index in [0.717, 1.165) is 6.54 Å². The lowest BCUT2D eigenvalue weighted by Gasteiger charge is -2.19. The topological polar surface area (TPSA) is 58.4 Å². The Morgan fingerprint density at radius 2 is 2.25 bits per heavy atom. The molecule has 0 aliphatic rings. The summed E-state index contributed by atoms with van der Waals surface area (Å²) in [5, 5.41) is 14.2. The van der Waals surface area contributed by atoms with Crippen LogP contribution in [0.3, 0.4) is 0 Å². The molecule has 88 valence electrons. The van der Waals surface area contributed by atoms with Crippen LogP contribution in [0, 0.1) is 10.1 Å². The van der Waals surface area contributed by atoms with E-state index in [1.54, 1.807) is 24.1 Å². The molecule has 0 fully saturated rings. The van der Waals surface area contributed by atoms with Gasteiger partial charge in [-0.2, -0.15) is 0 Å². The van der Waals surface area contributed by atoms with Crippen LogP contribution in [0.4, 0.5) is 11.4 Å². The van der Waals surface area contributed by atoms with Crippen LogP contribution in [0.2, 0.25) is 5.02 Å². The number of para-hydroxylation sites is 1. The molecule has 1 rings (SSSR count). The van der Waals surface area contributed by atoms with Crippen molar-refractivity contribution < 1.29 is 4.92 Å². The minimum atomic E-state index is -0.420. The number of anilines is 1. The van der Waals surface area contributed by atoms with Crippen molar-refractivity contribution in [3.63, 3.8) is 0 Å². The summed E-state index contributed by atoms with van der Waals surface area (Å²) in [6, 6.07) is 4.69. The van der Waals surface area contributed by atoms with Gasteiger partial charge in [0.25, 0.3) is 5.69 Å². The van der Waals surface area contributed by atoms with Crippen LogP contribution in [0.25, 0.3) is 0 Å². The Morgan fingerprint density at radius 1 is 1.56 bits per heavy atom. The maximum absolute atomic E-state index is 10.9. The fourth-order valence-electron chi connectivity index (χ4n) is 1.42. The molecular weight excluding hydrogens is 230 g/mol. The predicted molar refractivity (Wildman–Crippen MR) is 65.3 cm³/mol. The molecule has 0 unspecified atom stereocenters. The molecule has 16 heavy (non-hydrogen) atoms. The number of hydrogen-bond acceptors (Lipinski definition) is 4. The second-order valence-corrected chi connectivity index (χ2v) is 3.80. The molecule has 0 spiro atoms. The van der Waals surface area contributed by atoms with E-state index in [2.05, 4.69) is 5.32 Å². The SMILES string of the molecule is CNCCN(C)c1c(Cl)cccc1[N+](=O)[O-]. The van der Waals surface area contributed by atoms with Gasteiger partial charge in [0, 0.05) is 26.2 Å². The van der Waals surface area contributed by atoms with E-state index in [4.69, 9.17) is 11.6 Å². The zero-order chi connectivity index (χ0) is 12.1. The number of rotatable bonds is 5. The third kappa shape index (κ3) is 2.84. The second kappa shape index (κ2) is 5.67. The van der Waals surface area contributed by atoms with E-state index < -0.39 is 4.92 Å². The third-order valence-corrected chi connectivity index (χ3v) is 2.55. The molecule has 0 bridgehead atoms. The van der Waals surface area contributed by atoms with Gasteiger partial charge in [0.15, 0.2) is 0 Å². The number of nitrogens with one attached hydrogen (secondary N) is 1. The quantitative estimate of drug-likeness (QED) is 0.634. The Bertz CT molecular complexity index is 384. The van der Waals surface area contributed by atoms with Crippen LogP contribution in [0.15, 0.2) is 18.2 Å². The highest BCUT2D eigenvalue weighted by molar-refractivity contribution is 6.33. The summed E-state index contributed by atoms with van der Waals surface area (Å²) in [6.45, 7) is 1.39. The summed E-state index contributed by atoms with van der Waals surface area (Å²) in [4.78, 5) is 12.2. The first kappa shape index (κ1) is 12.7. The highest BCUT2D eigenvalue weighted by Crippen LogP contribution is 2.34. The molecule has 0 saturated carbocycles. The Morgan fingerprint density at radius 3 is 2.81 bits per heavy atom. The van der Waals surface area contributed by atoms with Gasteiger partial charge in [-0.25, -0.2) is 0 Å². The first-order valence-electron chi connectivity index (χ1n) is 4.86. The van der Waals surface area contributed by atoms with Crippen molar-refractivity contribution in [2.75, 3.05) is 32.1 Å². The highest BCUT2D eigenvalue weighted by atomic mass is 35.5. The summed E-state index contributed by atoms with van der Waals surface area (Å²) in [5.41, 5.74) is 0.496. The molecule has 5 nitrogen and oxygen atoms in total. The van der Waals surface area contributed by atoms with Crippen molar-refractivity contribution in [3.8, 4) is 0 Å². The van der Waals surface area contributed by atoms with E-state index >= 15 is 0 Å². The number of hydrogen-bond donors (Lipinski definition) is 1. The summed E-state index contributed by atoms with van der Waals surface area (Å²) < 4.78 is 0. The standard InChI is InChI=1S/C10H14ClN3O2/c1-12-6-7-13(2)10-8(11)4-3-5-9(10)14(15)16/h3-5,12H,6-7H2,1-2H3. The smallest absolute Gasteiger partial charge is 0.294 e. The molecule has 1 aromatic rings. The lowest BCUT2D eigenvalue weighted by molar-refractivity contribution is -0.384. The van der Waals surface area contributed by atoms with Crippen LogP contribution in [-0.4, -0.2) is 32.1 Å². The highest BCUT2D eigenvalue weighted by Gasteiger charge is 2.19. The second-order valence-electron chi connectivity index (χ2n) is 3.39. The molecule has 1 aromatic carbocycles. The van der Waals surface area contributed by atoms with Gasteiger partial charge in [0.1, 0.15) is 5.69 Å². The third-order valence-electron chi connectivity index (χ3n) is 2.24. The van der Waals surface area contributed by atoms with Crippen LogP contribution in [0.5, 0.6) is 0 Å². The van der Waals surface area contributed by atoms with Gasteiger partial charge in [0.2, 0.25) is 0 Å². The minimum absolute atomic E-state index is 0.0334. The van der Waals surface area contributed by atoms with Gasteiger partial charge in [0.05, 0.1) is 9.95 Å². The van der Waals surface area contributed by atoms with Crippen molar-refractivity contribution >= 4 is 23.0 Å². The molecule has 0 aromatic heterocycles. The van der Waals surface area contributed by atoms with Crippen LogP contribution in [-0.2, 0) is 0 Å². The van der Waals surface area contributed by atoms with Crippen molar-refractivity contribution in [1.82, 2.24) is 5.32 Å². The van der Waals surface area contributed by atoms with Crippen molar-refractivity contribution in [2.45, 2.75) is 0 Å². The zero-order valence-electron chi connectivity index (χ0n) is 9.24. The molecule has 1 N–H and O–H groups in total. The van der Waals surface area contributed by atoms with Crippen molar-refractivity contribution in [2.24, 2.45) is 0 Å². The first-order chi connectivity index (χ1) is 7.57. The van der Waals surface area contributed by atoms with E-state index in [9.17, 15) is 10.1 Å². The van der Waals surface area contributed by atoms with Gasteiger partial charge in [-0.05, 0) is 13.1 Å². The molecule has 0 radical (unpaired) electrons. The van der Waals surface area contributed by atoms with Crippen LogP contribution >= 0.6 is 11.6 Å². The average molecular weight is 244 g/mol. The molecule has 0 atom stereocenters. The first-order valence-corrected chi connectivity index (χ1v) is 5.24. The number of benzene rings is 1. The van der Waals surface area contributed by atoms with Gasteiger partial charge < -0.3 is 10.2 Å². The summed E-state index contributed by atoms with van der Waals surface area (Å²) >= 11 is 5.98. The normalized spacial score (nSPS) is 10.2. The van der Waals surface area contributed by atoms with Crippen LogP contribution < -0.4 is 10.2 Å².